The maximum atomic E-state index is 12.4. The highest BCUT2D eigenvalue weighted by atomic mass is 35.5. The molecule has 0 saturated carbocycles. The molecule has 0 saturated heterocycles. The van der Waals surface area contributed by atoms with Crippen molar-refractivity contribution >= 4 is 45.8 Å². The molecular formula is C20H13ClN6OS. The first kappa shape index (κ1) is 17.8. The number of ketones is 1. The van der Waals surface area contributed by atoms with Crippen LogP contribution in [0, 0.1) is 0 Å². The van der Waals surface area contributed by atoms with Crippen LogP contribution in [-0.2, 0) is 0 Å². The first-order chi connectivity index (χ1) is 14.2. The average molecular weight is 421 g/mol. The van der Waals surface area contributed by atoms with Crippen LogP contribution in [0.2, 0.25) is 5.02 Å². The molecule has 0 spiro atoms. The van der Waals surface area contributed by atoms with Gasteiger partial charge in [0.25, 0.3) is 0 Å². The van der Waals surface area contributed by atoms with Crippen molar-refractivity contribution in [3.8, 4) is 5.69 Å². The maximum Gasteiger partial charge on any atom is 0.197 e. The zero-order valence-electron chi connectivity index (χ0n) is 14.9. The fourth-order valence-corrected chi connectivity index (χ4v) is 3.93. The van der Waals surface area contributed by atoms with Gasteiger partial charge in [-0.25, -0.2) is 9.67 Å². The third-order valence-corrected chi connectivity index (χ3v) is 5.64. The summed E-state index contributed by atoms with van der Waals surface area (Å²) in [6, 6.07) is 16.6. The Morgan fingerprint density at radius 3 is 2.59 bits per heavy atom. The minimum absolute atomic E-state index is 0.00523. The van der Waals surface area contributed by atoms with Crippen molar-refractivity contribution in [1.82, 2.24) is 29.4 Å². The largest absolute Gasteiger partial charge is 0.293 e. The summed E-state index contributed by atoms with van der Waals surface area (Å²) >= 11 is 7.19. The SMILES string of the molecule is O=C(CSc1nnc2c3cnn(-c4ccccc4)c3ncn12)c1ccc(Cl)cc1. The summed E-state index contributed by atoms with van der Waals surface area (Å²) in [6.45, 7) is 0. The minimum Gasteiger partial charge on any atom is -0.293 e. The van der Waals surface area contributed by atoms with Gasteiger partial charge in [0.1, 0.15) is 6.33 Å². The summed E-state index contributed by atoms with van der Waals surface area (Å²) in [4.78, 5) is 17.0. The number of aromatic nitrogens is 6. The number of fused-ring (bicyclic) bond motifs is 3. The first-order valence-electron chi connectivity index (χ1n) is 8.75. The highest BCUT2D eigenvalue weighted by Gasteiger charge is 2.16. The quantitative estimate of drug-likeness (QED) is 0.315. The van der Waals surface area contributed by atoms with E-state index in [1.807, 2.05) is 30.3 Å². The fourth-order valence-electron chi connectivity index (χ4n) is 3.01. The number of Topliss-reactive ketones (excluding diaryl/α,β-unsaturated/α-hetero) is 1. The number of rotatable bonds is 5. The number of thioether (sulfide) groups is 1. The van der Waals surface area contributed by atoms with Crippen LogP contribution >= 0.6 is 23.4 Å². The zero-order valence-corrected chi connectivity index (χ0v) is 16.5. The van der Waals surface area contributed by atoms with E-state index >= 15 is 0 Å². The Hall–Kier alpha value is -3.23. The normalized spacial score (nSPS) is 11.3. The number of benzene rings is 2. The van der Waals surface area contributed by atoms with Gasteiger partial charge in [-0.05, 0) is 36.4 Å². The van der Waals surface area contributed by atoms with E-state index in [1.165, 1.54) is 11.8 Å². The summed E-state index contributed by atoms with van der Waals surface area (Å²) < 4.78 is 3.54. The zero-order chi connectivity index (χ0) is 19.8. The molecule has 142 valence electrons. The van der Waals surface area contributed by atoms with Gasteiger partial charge in [-0.1, -0.05) is 41.6 Å². The van der Waals surface area contributed by atoms with Crippen molar-refractivity contribution in [1.29, 1.82) is 0 Å². The van der Waals surface area contributed by atoms with Crippen molar-refractivity contribution in [2.45, 2.75) is 5.16 Å². The average Bonchev–Trinajstić information content (AvgIpc) is 3.37. The second-order valence-electron chi connectivity index (χ2n) is 6.27. The van der Waals surface area contributed by atoms with Crippen molar-refractivity contribution < 1.29 is 4.79 Å². The Labute approximate surface area is 174 Å². The molecule has 0 aliphatic rings. The molecule has 0 radical (unpaired) electrons. The van der Waals surface area contributed by atoms with E-state index in [9.17, 15) is 4.79 Å². The Morgan fingerprint density at radius 2 is 1.79 bits per heavy atom. The van der Waals surface area contributed by atoms with Gasteiger partial charge >= 0.3 is 0 Å². The van der Waals surface area contributed by atoms with Gasteiger partial charge in [0.05, 0.1) is 23.0 Å². The summed E-state index contributed by atoms with van der Waals surface area (Å²) in [6.07, 6.45) is 3.39. The van der Waals surface area contributed by atoms with E-state index < -0.39 is 0 Å². The van der Waals surface area contributed by atoms with Crippen LogP contribution in [0.3, 0.4) is 0 Å². The van der Waals surface area contributed by atoms with E-state index in [1.54, 1.807) is 45.9 Å². The van der Waals surface area contributed by atoms with Crippen LogP contribution in [-0.4, -0.2) is 40.9 Å². The molecule has 0 fully saturated rings. The standard InChI is InChI=1S/C20H13ClN6OS/c21-14-8-6-13(7-9-14)17(28)11-29-20-25-24-19-16-10-23-27(15-4-2-1-3-5-15)18(16)22-12-26(19)20/h1-10,12H,11H2. The lowest BCUT2D eigenvalue weighted by Crippen LogP contribution is -2.03. The van der Waals surface area contributed by atoms with E-state index in [2.05, 4.69) is 20.3 Å². The Morgan fingerprint density at radius 1 is 1.00 bits per heavy atom. The van der Waals surface area contributed by atoms with Gasteiger partial charge in [-0.15, -0.1) is 10.2 Å². The van der Waals surface area contributed by atoms with Crippen molar-refractivity contribution in [3.05, 3.63) is 77.7 Å². The fraction of sp³-hybridized carbons (Fsp3) is 0.0500. The molecule has 29 heavy (non-hydrogen) atoms. The van der Waals surface area contributed by atoms with Crippen LogP contribution in [0.1, 0.15) is 10.4 Å². The monoisotopic (exact) mass is 420 g/mol. The molecule has 0 N–H and O–H groups in total. The van der Waals surface area contributed by atoms with Gasteiger partial charge in [-0.2, -0.15) is 5.10 Å². The smallest absolute Gasteiger partial charge is 0.197 e. The van der Waals surface area contributed by atoms with Crippen LogP contribution in [0.25, 0.3) is 22.4 Å². The summed E-state index contributed by atoms with van der Waals surface area (Å²) in [7, 11) is 0. The number of para-hydroxylation sites is 1. The van der Waals surface area contributed by atoms with Gasteiger partial charge in [0.2, 0.25) is 0 Å². The third kappa shape index (κ3) is 3.26. The lowest BCUT2D eigenvalue weighted by atomic mass is 10.1. The Bertz CT molecular complexity index is 1330. The van der Waals surface area contributed by atoms with E-state index in [0.29, 0.717) is 27.0 Å². The number of hydrogen-bond acceptors (Lipinski definition) is 6. The predicted octanol–water partition coefficient (Wildman–Crippen LogP) is 4.09. The number of nitrogens with zero attached hydrogens (tertiary/aromatic N) is 6. The molecular weight excluding hydrogens is 408 g/mol. The third-order valence-electron chi connectivity index (χ3n) is 4.44. The van der Waals surface area contributed by atoms with Crippen LogP contribution in [0.15, 0.2) is 72.3 Å². The molecule has 5 aromatic rings. The van der Waals surface area contributed by atoms with Gasteiger partial charge in [0, 0.05) is 10.6 Å². The lowest BCUT2D eigenvalue weighted by Gasteiger charge is -2.03. The number of halogens is 1. The molecule has 0 bridgehead atoms. The molecule has 0 aliphatic heterocycles. The predicted molar refractivity (Wildman–Crippen MR) is 112 cm³/mol. The second-order valence-corrected chi connectivity index (χ2v) is 7.65. The van der Waals surface area contributed by atoms with Gasteiger partial charge in [-0.3, -0.25) is 9.20 Å². The Balaban J connectivity index is 1.44. The molecule has 3 heterocycles. The van der Waals surface area contributed by atoms with Crippen molar-refractivity contribution in [2.75, 3.05) is 5.75 Å². The molecule has 9 heteroatoms. The lowest BCUT2D eigenvalue weighted by molar-refractivity contribution is 0.102. The van der Waals surface area contributed by atoms with Crippen molar-refractivity contribution in [2.24, 2.45) is 0 Å². The molecule has 0 aliphatic carbocycles. The molecule has 7 nitrogen and oxygen atoms in total. The van der Waals surface area contributed by atoms with Crippen LogP contribution in [0.4, 0.5) is 0 Å². The molecule has 5 rings (SSSR count). The van der Waals surface area contributed by atoms with Crippen LogP contribution in [0.5, 0.6) is 0 Å². The molecule has 2 aromatic carbocycles. The summed E-state index contributed by atoms with van der Waals surface area (Å²) in [5.41, 5.74) is 2.88. The number of carbonyl (C=O) groups excluding carboxylic acids is 1. The van der Waals surface area contributed by atoms with Gasteiger partial charge < -0.3 is 0 Å². The van der Waals surface area contributed by atoms with E-state index in [0.717, 1.165) is 11.1 Å². The molecule has 0 atom stereocenters. The first-order valence-corrected chi connectivity index (χ1v) is 10.1. The maximum absolute atomic E-state index is 12.4. The molecule has 3 aromatic heterocycles. The number of carbonyl (C=O) groups is 1. The molecule has 0 unspecified atom stereocenters. The van der Waals surface area contributed by atoms with Gasteiger partial charge in [0.15, 0.2) is 22.2 Å². The Kier molecular flexibility index (Phi) is 4.49. The van der Waals surface area contributed by atoms with Crippen molar-refractivity contribution in [3.63, 3.8) is 0 Å². The summed E-state index contributed by atoms with van der Waals surface area (Å²) in [5.74, 6) is 0.235. The van der Waals surface area contributed by atoms with E-state index in [4.69, 9.17) is 11.6 Å². The van der Waals surface area contributed by atoms with E-state index in [-0.39, 0.29) is 11.5 Å². The molecule has 0 amide bonds. The summed E-state index contributed by atoms with van der Waals surface area (Å²) in [5, 5.41) is 15.0. The van der Waals surface area contributed by atoms with Crippen LogP contribution < -0.4 is 0 Å². The highest BCUT2D eigenvalue weighted by Crippen LogP contribution is 2.24. The minimum atomic E-state index is -0.00523. The number of hydrogen-bond donors (Lipinski definition) is 0. The second kappa shape index (κ2) is 7.31. The highest BCUT2D eigenvalue weighted by molar-refractivity contribution is 7.99. The topological polar surface area (TPSA) is 78.0 Å².